The molecule has 0 aliphatic heterocycles. The van der Waals surface area contributed by atoms with E-state index in [4.69, 9.17) is 0 Å². The summed E-state index contributed by atoms with van der Waals surface area (Å²) in [5.41, 5.74) is 2.35. The van der Waals surface area contributed by atoms with Crippen LogP contribution < -0.4 is 5.32 Å². The van der Waals surface area contributed by atoms with E-state index in [1.807, 2.05) is 12.1 Å². The fourth-order valence-electron chi connectivity index (χ4n) is 1.50. The summed E-state index contributed by atoms with van der Waals surface area (Å²) in [5.74, 6) is -0.264. The number of alkyl halides is 1. The average molecular weight is 300 g/mol. The van der Waals surface area contributed by atoms with Gasteiger partial charge in [-0.2, -0.15) is 0 Å². The molecule has 1 aromatic rings. The predicted molar refractivity (Wildman–Crippen MR) is 73.7 cm³/mol. The minimum absolute atomic E-state index is 0.264. The van der Waals surface area contributed by atoms with E-state index in [1.165, 1.54) is 12.7 Å². The number of carbonyl (C=O) groups excluding carboxylic acids is 1. The Bertz CT molecular complexity index is 351. The molecule has 3 nitrogen and oxygen atoms in total. The molecule has 1 aromatic carbocycles. The van der Waals surface area contributed by atoms with Gasteiger partial charge in [-0.25, -0.2) is 0 Å². The summed E-state index contributed by atoms with van der Waals surface area (Å²) in [5, 5.41) is 3.18. The number of methoxy groups -OCH3 is 1. The zero-order valence-corrected chi connectivity index (χ0v) is 11.8. The molecule has 0 aromatic heterocycles. The number of anilines is 1. The highest BCUT2D eigenvalue weighted by molar-refractivity contribution is 9.10. The summed E-state index contributed by atoms with van der Waals surface area (Å²) in [6, 6.07) is 8.27. The highest BCUT2D eigenvalue weighted by Crippen LogP contribution is 2.12. The Kier molecular flexibility index (Phi) is 6.05. The van der Waals surface area contributed by atoms with Gasteiger partial charge in [-0.3, -0.25) is 4.79 Å². The third-order valence-corrected chi connectivity index (χ3v) is 3.13. The summed E-state index contributed by atoms with van der Waals surface area (Å²) >= 11 is 3.26. The Morgan fingerprint density at radius 1 is 1.41 bits per heavy atom. The Morgan fingerprint density at radius 3 is 2.59 bits per heavy atom. The van der Waals surface area contributed by atoms with Crippen LogP contribution in [0.2, 0.25) is 0 Å². The first kappa shape index (κ1) is 14.0. The lowest BCUT2D eigenvalue weighted by atomic mass is 10.1. The lowest BCUT2D eigenvalue weighted by Crippen LogP contribution is -2.24. The first-order chi connectivity index (χ1) is 8.17. The van der Waals surface area contributed by atoms with Crippen LogP contribution >= 0.6 is 15.9 Å². The fourth-order valence-corrected chi connectivity index (χ4v) is 1.85. The van der Waals surface area contributed by atoms with Gasteiger partial charge in [0.25, 0.3) is 0 Å². The van der Waals surface area contributed by atoms with Gasteiger partial charge in [0.1, 0.15) is 4.83 Å². The zero-order valence-electron chi connectivity index (χ0n) is 10.2. The van der Waals surface area contributed by atoms with Crippen LogP contribution in [0.25, 0.3) is 0 Å². The molecular formula is C13H18BrNO2. The number of ether oxygens (including phenoxy) is 1. The van der Waals surface area contributed by atoms with Crippen molar-refractivity contribution < 1.29 is 9.53 Å². The molecule has 0 spiro atoms. The maximum Gasteiger partial charge on any atom is 0.321 e. The number of benzene rings is 1. The maximum absolute atomic E-state index is 11.2. The summed E-state index contributed by atoms with van der Waals surface area (Å²) in [6.07, 6.45) is 2.25. The van der Waals surface area contributed by atoms with Gasteiger partial charge in [0.15, 0.2) is 0 Å². The second-order valence-electron chi connectivity index (χ2n) is 3.82. The molecule has 0 saturated heterocycles. The molecule has 0 aliphatic carbocycles. The van der Waals surface area contributed by atoms with Gasteiger partial charge in [0.2, 0.25) is 0 Å². The van der Waals surface area contributed by atoms with Crippen LogP contribution in [0, 0.1) is 0 Å². The fraction of sp³-hybridized carbons (Fsp3) is 0.462. The maximum atomic E-state index is 11.2. The number of hydrogen-bond donors (Lipinski definition) is 1. The normalized spacial score (nSPS) is 11.9. The van der Waals surface area contributed by atoms with Gasteiger partial charge in [0.05, 0.1) is 7.11 Å². The number of rotatable bonds is 6. The Hall–Kier alpha value is -1.03. The van der Waals surface area contributed by atoms with Crippen molar-refractivity contribution >= 4 is 27.6 Å². The Labute approximate surface area is 111 Å². The van der Waals surface area contributed by atoms with E-state index in [9.17, 15) is 4.79 Å². The quantitative estimate of drug-likeness (QED) is 0.648. The monoisotopic (exact) mass is 299 g/mol. The number of aryl methyl sites for hydroxylation is 1. The van der Waals surface area contributed by atoms with Crippen molar-refractivity contribution in [3.63, 3.8) is 0 Å². The summed E-state index contributed by atoms with van der Waals surface area (Å²) in [4.78, 5) is 10.8. The molecule has 0 bridgehead atoms. The van der Waals surface area contributed by atoms with Crippen LogP contribution in [0.4, 0.5) is 5.69 Å². The Balaban J connectivity index is 2.44. The van der Waals surface area contributed by atoms with Crippen LogP contribution in [0.5, 0.6) is 0 Å². The van der Waals surface area contributed by atoms with Crippen molar-refractivity contribution in [1.82, 2.24) is 0 Å². The van der Waals surface area contributed by atoms with Gasteiger partial charge in [-0.1, -0.05) is 41.4 Å². The van der Waals surface area contributed by atoms with E-state index in [0.29, 0.717) is 6.54 Å². The first-order valence-corrected chi connectivity index (χ1v) is 6.63. The lowest BCUT2D eigenvalue weighted by molar-refractivity contribution is -0.139. The Morgan fingerprint density at radius 2 is 2.06 bits per heavy atom. The van der Waals surface area contributed by atoms with E-state index in [1.54, 1.807) is 0 Å². The third kappa shape index (κ3) is 4.77. The summed E-state index contributed by atoms with van der Waals surface area (Å²) < 4.78 is 4.63. The molecule has 94 valence electrons. The van der Waals surface area contributed by atoms with Crippen LogP contribution in [0.15, 0.2) is 24.3 Å². The minimum Gasteiger partial charge on any atom is -0.468 e. The molecule has 0 amide bonds. The van der Waals surface area contributed by atoms with Crippen LogP contribution in [-0.4, -0.2) is 24.5 Å². The molecular weight excluding hydrogens is 282 g/mol. The van der Waals surface area contributed by atoms with Crippen LogP contribution in [-0.2, 0) is 16.0 Å². The SMILES string of the molecule is CCCc1ccc(NCC(Br)C(=O)OC)cc1. The lowest BCUT2D eigenvalue weighted by Gasteiger charge is -2.10. The number of carbonyl (C=O) groups is 1. The van der Waals surface area contributed by atoms with E-state index in [2.05, 4.69) is 45.0 Å². The molecule has 0 heterocycles. The molecule has 0 radical (unpaired) electrons. The highest BCUT2D eigenvalue weighted by Gasteiger charge is 2.14. The van der Waals surface area contributed by atoms with Gasteiger partial charge >= 0.3 is 5.97 Å². The van der Waals surface area contributed by atoms with Crippen molar-refractivity contribution in [3.05, 3.63) is 29.8 Å². The first-order valence-electron chi connectivity index (χ1n) is 5.72. The summed E-state index contributed by atoms with van der Waals surface area (Å²) in [7, 11) is 1.39. The molecule has 1 atom stereocenters. The highest BCUT2D eigenvalue weighted by atomic mass is 79.9. The van der Waals surface area contributed by atoms with Crippen molar-refractivity contribution in [2.75, 3.05) is 19.0 Å². The number of hydrogen-bond acceptors (Lipinski definition) is 3. The molecule has 4 heteroatoms. The van der Waals surface area contributed by atoms with Gasteiger partial charge < -0.3 is 10.1 Å². The smallest absolute Gasteiger partial charge is 0.321 e. The molecule has 0 aliphatic rings. The molecule has 1 unspecified atom stereocenters. The molecule has 1 rings (SSSR count). The van der Waals surface area contributed by atoms with E-state index in [0.717, 1.165) is 18.5 Å². The minimum atomic E-state index is -0.317. The number of nitrogens with one attached hydrogen (secondary N) is 1. The van der Waals surface area contributed by atoms with Crippen molar-refractivity contribution in [3.8, 4) is 0 Å². The van der Waals surface area contributed by atoms with Gasteiger partial charge in [-0.05, 0) is 24.1 Å². The largest absolute Gasteiger partial charge is 0.468 e. The standard InChI is InChI=1S/C13H18BrNO2/c1-3-4-10-5-7-11(8-6-10)15-9-12(14)13(16)17-2/h5-8,12,15H,3-4,9H2,1-2H3. The van der Waals surface area contributed by atoms with Crippen LogP contribution in [0.3, 0.4) is 0 Å². The second kappa shape index (κ2) is 7.33. The average Bonchev–Trinajstić information content (AvgIpc) is 2.37. The van der Waals surface area contributed by atoms with Gasteiger partial charge in [0, 0.05) is 12.2 Å². The second-order valence-corrected chi connectivity index (χ2v) is 4.92. The van der Waals surface area contributed by atoms with Crippen LogP contribution in [0.1, 0.15) is 18.9 Å². The zero-order chi connectivity index (χ0) is 12.7. The number of halogens is 1. The van der Waals surface area contributed by atoms with Gasteiger partial charge in [-0.15, -0.1) is 0 Å². The van der Waals surface area contributed by atoms with E-state index in [-0.39, 0.29) is 10.8 Å². The van der Waals surface area contributed by atoms with Crippen molar-refractivity contribution in [1.29, 1.82) is 0 Å². The third-order valence-electron chi connectivity index (χ3n) is 2.43. The molecule has 17 heavy (non-hydrogen) atoms. The molecule has 1 N–H and O–H groups in total. The van der Waals surface area contributed by atoms with Crippen molar-refractivity contribution in [2.24, 2.45) is 0 Å². The predicted octanol–water partition coefficient (Wildman–Crippen LogP) is 2.99. The van der Waals surface area contributed by atoms with E-state index < -0.39 is 0 Å². The number of esters is 1. The van der Waals surface area contributed by atoms with Crippen molar-refractivity contribution in [2.45, 2.75) is 24.6 Å². The molecule has 0 fully saturated rings. The van der Waals surface area contributed by atoms with E-state index >= 15 is 0 Å². The topological polar surface area (TPSA) is 38.3 Å². The molecule has 0 saturated carbocycles. The summed E-state index contributed by atoms with van der Waals surface area (Å²) in [6.45, 7) is 2.68.